The molecular weight excluding hydrogens is 268 g/mol. The molecule has 3 rings (SSSR count). The number of carbonyl (C=O) groups is 2. The first kappa shape index (κ1) is 13.9. The number of ether oxygens (including phenoxy) is 1. The van der Waals surface area contributed by atoms with Crippen LogP contribution in [0.3, 0.4) is 0 Å². The number of fused-ring (bicyclic) bond motifs is 1. The van der Waals surface area contributed by atoms with E-state index in [1.54, 1.807) is 4.90 Å². The molecule has 5 heteroatoms. The van der Waals surface area contributed by atoms with Crippen molar-refractivity contribution in [3.63, 3.8) is 0 Å². The van der Waals surface area contributed by atoms with E-state index < -0.39 is 6.04 Å². The van der Waals surface area contributed by atoms with Gasteiger partial charge in [0, 0.05) is 18.8 Å². The Morgan fingerprint density at radius 2 is 2.10 bits per heavy atom. The van der Waals surface area contributed by atoms with Gasteiger partial charge in [0.1, 0.15) is 6.04 Å². The molecule has 2 aliphatic rings. The van der Waals surface area contributed by atoms with Crippen molar-refractivity contribution in [1.29, 1.82) is 0 Å². The Balaban J connectivity index is 1.84. The number of methoxy groups -OCH3 is 1. The fraction of sp³-hybridized carbons (Fsp3) is 0.500. The molecule has 1 aromatic carbocycles. The minimum absolute atomic E-state index is 0.0526. The Bertz CT molecular complexity index is 558. The third-order valence-corrected chi connectivity index (χ3v) is 4.39. The van der Waals surface area contributed by atoms with Crippen LogP contribution in [0, 0.1) is 0 Å². The summed E-state index contributed by atoms with van der Waals surface area (Å²) in [5.41, 5.74) is 2.06. The highest BCUT2D eigenvalue weighted by molar-refractivity contribution is 5.90. The summed E-state index contributed by atoms with van der Waals surface area (Å²) in [6, 6.07) is 7.49. The first-order valence-electron chi connectivity index (χ1n) is 7.43. The molecule has 112 valence electrons. The lowest BCUT2D eigenvalue weighted by Crippen LogP contribution is -2.44. The molecule has 0 radical (unpaired) electrons. The molecule has 0 aliphatic carbocycles. The largest absolute Gasteiger partial charge is 0.467 e. The van der Waals surface area contributed by atoms with Gasteiger partial charge < -0.3 is 15.0 Å². The molecule has 0 aromatic heterocycles. The molecule has 1 N–H and O–H groups in total. The van der Waals surface area contributed by atoms with Crippen molar-refractivity contribution in [2.24, 2.45) is 0 Å². The molecule has 1 saturated heterocycles. The molecule has 1 fully saturated rings. The first-order valence-corrected chi connectivity index (χ1v) is 7.43. The predicted molar refractivity (Wildman–Crippen MR) is 79.0 cm³/mol. The number of esters is 1. The normalized spacial score (nSPS) is 24.1. The van der Waals surface area contributed by atoms with Crippen molar-refractivity contribution < 1.29 is 14.3 Å². The summed E-state index contributed by atoms with van der Waals surface area (Å²) in [5, 5.41) is 3.32. The van der Waals surface area contributed by atoms with Gasteiger partial charge in [-0.15, -0.1) is 0 Å². The molecule has 2 atom stereocenters. The maximum Gasteiger partial charge on any atom is 0.328 e. The van der Waals surface area contributed by atoms with Gasteiger partial charge in [0.05, 0.1) is 13.0 Å². The number of para-hydroxylation sites is 1. The van der Waals surface area contributed by atoms with E-state index in [4.69, 9.17) is 4.74 Å². The van der Waals surface area contributed by atoms with Crippen LogP contribution in [-0.4, -0.2) is 43.0 Å². The number of hydrogen-bond acceptors (Lipinski definition) is 4. The van der Waals surface area contributed by atoms with Gasteiger partial charge in [-0.1, -0.05) is 18.2 Å². The molecule has 0 saturated carbocycles. The van der Waals surface area contributed by atoms with E-state index in [0.717, 1.165) is 30.6 Å². The van der Waals surface area contributed by atoms with Gasteiger partial charge in [-0.2, -0.15) is 0 Å². The molecular formula is C16H20N2O3. The van der Waals surface area contributed by atoms with E-state index in [0.29, 0.717) is 13.0 Å². The number of anilines is 1. The van der Waals surface area contributed by atoms with Crippen LogP contribution in [0.25, 0.3) is 0 Å². The van der Waals surface area contributed by atoms with Crippen LogP contribution in [-0.2, 0) is 14.3 Å². The quantitative estimate of drug-likeness (QED) is 0.842. The number of hydrogen-bond donors (Lipinski definition) is 1. The summed E-state index contributed by atoms with van der Waals surface area (Å²) in [4.78, 5) is 26.4. The minimum atomic E-state index is -0.412. The van der Waals surface area contributed by atoms with Crippen molar-refractivity contribution in [3.8, 4) is 0 Å². The standard InChI is InChI=1S/C16H20N2O3/c1-21-16(20)14-7-4-10-18(14)15(19)12-8-9-17-13-6-3-2-5-11(12)13/h2-3,5-6,12,14,17H,4,7-10H2,1H3. The fourth-order valence-corrected chi connectivity index (χ4v) is 3.34. The van der Waals surface area contributed by atoms with Gasteiger partial charge in [-0.05, 0) is 30.9 Å². The van der Waals surface area contributed by atoms with Crippen LogP contribution in [0.1, 0.15) is 30.7 Å². The summed E-state index contributed by atoms with van der Waals surface area (Å²) >= 11 is 0. The number of carbonyl (C=O) groups excluding carboxylic acids is 2. The minimum Gasteiger partial charge on any atom is -0.467 e. The number of nitrogens with one attached hydrogen (secondary N) is 1. The van der Waals surface area contributed by atoms with Gasteiger partial charge in [0.25, 0.3) is 0 Å². The number of amides is 1. The average molecular weight is 288 g/mol. The van der Waals surface area contributed by atoms with Gasteiger partial charge in [-0.3, -0.25) is 4.79 Å². The first-order chi connectivity index (χ1) is 10.2. The van der Waals surface area contributed by atoms with Crippen molar-refractivity contribution in [1.82, 2.24) is 4.90 Å². The van der Waals surface area contributed by atoms with E-state index in [9.17, 15) is 9.59 Å². The van der Waals surface area contributed by atoms with Crippen molar-refractivity contribution in [2.75, 3.05) is 25.5 Å². The summed E-state index contributed by atoms with van der Waals surface area (Å²) in [7, 11) is 1.38. The average Bonchev–Trinajstić information content (AvgIpc) is 3.02. The highest BCUT2D eigenvalue weighted by atomic mass is 16.5. The number of nitrogens with zero attached hydrogens (tertiary/aromatic N) is 1. The Labute approximate surface area is 124 Å². The van der Waals surface area contributed by atoms with E-state index in [-0.39, 0.29) is 17.8 Å². The lowest BCUT2D eigenvalue weighted by Gasteiger charge is -2.31. The molecule has 2 unspecified atom stereocenters. The maximum atomic E-state index is 12.9. The van der Waals surface area contributed by atoms with Crippen LogP contribution in [0.15, 0.2) is 24.3 Å². The van der Waals surface area contributed by atoms with Crippen LogP contribution < -0.4 is 5.32 Å². The highest BCUT2D eigenvalue weighted by Gasteiger charge is 2.39. The molecule has 0 bridgehead atoms. The zero-order valence-electron chi connectivity index (χ0n) is 12.2. The molecule has 1 aromatic rings. The topological polar surface area (TPSA) is 58.6 Å². The second-order valence-electron chi connectivity index (χ2n) is 5.57. The molecule has 0 spiro atoms. The number of rotatable bonds is 2. The number of benzene rings is 1. The van der Waals surface area contributed by atoms with Crippen molar-refractivity contribution in [2.45, 2.75) is 31.2 Å². The zero-order chi connectivity index (χ0) is 14.8. The summed E-state index contributed by atoms with van der Waals surface area (Å²) in [5.74, 6) is -0.410. The van der Waals surface area contributed by atoms with Crippen LogP contribution >= 0.6 is 0 Å². The Morgan fingerprint density at radius 1 is 1.29 bits per heavy atom. The molecule has 2 aliphatic heterocycles. The highest BCUT2D eigenvalue weighted by Crippen LogP contribution is 2.34. The second-order valence-corrected chi connectivity index (χ2v) is 5.57. The summed E-state index contributed by atoms with van der Waals surface area (Å²) in [6.45, 7) is 1.43. The predicted octanol–water partition coefficient (Wildman–Crippen LogP) is 1.75. The number of likely N-dealkylation sites (tertiary alicyclic amines) is 1. The summed E-state index contributed by atoms with van der Waals surface area (Å²) < 4.78 is 4.83. The Kier molecular flexibility index (Phi) is 3.82. The maximum absolute atomic E-state index is 12.9. The third kappa shape index (κ3) is 2.48. The monoisotopic (exact) mass is 288 g/mol. The van der Waals surface area contributed by atoms with E-state index in [1.807, 2.05) is 24.3 Å². The van der Waals surface area contributed by atoms with E-state index in [2.05, 4.69) is 5.32 Å². The van der Waals surface area contributed by atoms with Crippen LogP contribution in [0.5, 0.6) is 0 Å². The lowest BCUT2D eigenvalue weighted by atomic mass is 9.89. The fourth-order valence-electron chi connectivity index (χ4n) is 3.34. The molecule has 2 heterocycles. The summed E-state index contributed by atoms with van der Waals surface area (Å²) in [6.07, 6.45) is 2.32. The molecule has 1 amide bonds. The van der Waals surface area contributed by atoms with Gasteiger partial charge in [-0.25, -0.2) is 4.79 Å². The third-order valence-electron chi connectivity index (χ3n) is 4.39. The Hall–Kier alpha value is -2.04. The van der Waals surface area contributed by atoms with Crippen molar-refractivity contribution >= 4 is 17.6 Å². The lowest BCUT2D eigenvalue weighted by molar-refractivity contribution is -0.151. The zero-order valence-corrected chi connectivity index (χ0v) is 12.2. The van der Waals surface area contributed by atoms with Crippen molar-refractivity contribution in [3.05, 3.63) is 29.8 Å². The molecule has 21 heavy (non-hydrogen) atoms. The van der Waals surface area contributed by atoms with Gasteiger partial charge in [0.2, 0.25) is 5.91 Å². The van der Waals surface area contributed by atoms with Crippen LogP contribution in [0.2, 0.25) is 0 Å². The van der Waals surface area contributed by atoms with E-state index in [1.165, 1.54) is 7.11 Å². The Morgan fingerprint density at radius 3 is 2.90 bits per heavy atom. The molecule has 5 nitrogen and oxygen atoms in total. The SMILES string of the molecule is COC(=O)C1CCCN1C(=O)C1CCNc2ccccc21. The smallest absolute Gasteiger partial charge is 0.328 e. The van der Waals surface area contributed by atoms with Crippen LogP contribution in [0.4, 0.5) is 5.69 Å². The van der Waals surface area contributed by atoms with Gasteiger partial charge >= 0.3 is 5.97 Å². The van der Waals surface area contributed by atoms with Gasteiger partial charge in [0.15, 0.2) is 0 Å². The second kappa shape index (κ2) is 5.76. The van der Waals surface area contributed by atoms with E-state index >= 15 is 0 Å².